The minimum atomic E-state index is -4.02. The van der Waals surface area contributed by atoms with Gasteiger partial charge in [-0.15, -0.1) is 0 Å². The van der Waals surface area contributed by atoms with Crippen LogP contribution in [0.1, 0.15) is 13.3 Å². The first-order valence-corrected chi connectivity index (χ1v) is 11.0. The van der Waals surface area contributed by atoms with E-state index < -0.39 is 28.0 Å². The van der Waals surface area contributed by atoms with Gasteiger partial charge in [-0.2, -0.15) is 0 Å². The van der Waals surface area contributed by atoms with E-state index in [9.17, 15) is 17.6 Å². The van der Waals surface area contributed by atoms with Gasteiger partial charge in [0.15, 0.2) is 0 Å². The lowest BCUT2D eigenvalue weighted by atomic mass is 10.0. The number of hydrogen-bond acceptors (Lipinski definition) is 5. The van der Waals surface area contributed by atoms with Crippen LogP contribution in [0.4, 0.5) is 20.6 Å². The fourth-order valence-electron chi connectivity index (χ4n) is 3.67. The smallest absolute Gasteiger partial charge is 0.409 e. The number of amides is 1. The number of benzene rings is 2. The maximum absolute atomic E-state index is 13.4. The number of ether oxygens (including phenoxy) is 1. The average molecular weight is 435 g/mol. The molecule has 2 atom stereocenters. The molecule has 2 heterocycles. The van der Waals surface area contributed by atoms with Gasteiger partial charge < -0.3 is 9.84 Å². The summed E-state index contributed by atoms with van der Waals surface area (Å²) < 4.78 is 47.3. The van der Waals surface area contributed by atoms with Gasteiger partial charge in [-0.3, -0.25) is 14.5 Å². The van der Waals surface area contributed by atoms with Gasteiger partial charge in [-0.05, 0) is 55.8 Å². The highest BCUT2D eigenvalue weighted by Crippen LogP contribution is 2.39. The maximum atomic E-state index is 13.4. The minimum absolute atomic E-state index is 0.0515. The first-order valence-electron chi connectivity index (χ1n) is 9.57. The van der Waals surface area contributed by atoms with Crippen molar-refractivity contribution in [1.29, 1.82) is 0 Å². The van der Waals surface area contributed by atoms with Crippen LogP contribution in [0.5, 0.6) is 5.75 Å². The molecule has 160 valence electrons. The van der Waals surface area contributed by atoms with Crippen LogP contribution in [0, 0.1) is 5.82 Å². The molecule has 1 saturated heterocycles. The molecule has 1 unspecified atom stereocenters. The number of fused-ring (bicyclic) bond motifs is 1. The highest BCUT2D eigenvalue weighted by atomic mass is 32.2. The molecule has 0 spiro atoms. The molecule has 8 nitrogen and oxygen atoms in total. The Kier molecular flexibility index (Phi) is 5.29. The number of nitrogens with zero attached hydrogens (tertiary/aromatic N) is 2. The number of likely N-dealkylation sites (tertiary alicyclic amines) is 1. The summed E-state index contributed by atoms with van der Waals surface area (Å²) >= 11 is 0. The molecular weight excluding hydrogens is 413 g/mol. The molecule has 10 heteroatoms. The fourth-order valence-corrected chi connectivity index (χ4v) is 5.17. The van der Waals surface area contributed by atoms with Crippen LogP contribution in [0.25, 0.3) is 0 Å². The van der Waals surface area contributed by atoms with Gasteiger partial charge in [0.25, 0.3) is 10.0 Å². The molecule has 0 aliphatic carbocycles. The van der Waals surface area contributed by atoms with Crippen molar-refractivity contribution in [3.05, 3.63) is 48.3 Å². The predicted octanol–water partition coefficient (Wildman–Crippen LogP) is 2.97. The molecule has 0 bridgehead atoms. The van der Waals surface area contributed by atoms with Crippen LogP contribution >= 0.6 is 0 Å². The molecule has 1 amide bonds. The molecule has 1 fully saturated rings. The molecule has 2 aliphatic heterocycles. The van der Waals surface area contributed by atoms with Crippen LogP contribution in [0.2, 0.25) is 0 Å². The molecule has 0 aromatic heterocycles. The minimum Gasteiger partial charge on any atom is -0.485 e. The molecular formula is C20H22FN3O5S. The molecule has 2 aromatic carbocycles. The highest BCUT2D eigenvalue weighted by Gasteiger charge is 2.37. The quantitative estimate of drug-likeness (QED) is 0.749. The summed E-state index contributed by atoms with van der Waals surface area (Å²) in [5.74, 6) is -0.185. The Bertz CT molecular complexity index is 1060. The zero-order valence-corrected chi connectivity index (χ0v) is 17.1. The third-order valence-corrected chi connectivity index (χ3v) is 7.23. The van der Waals surface area contributed by atoms with E-state index in [0.717, 1.165) is 25.1 Å². The van der Waals surface area contributed by atoms with Crippen molar-refractivity contribution in [2.45, 2.75) is 30.4 Å². The number of halogens is 1. The topological polar surface area (TPSA) is 99.2 Å². The Labute approximate surface area is 173 Å². The van der Waals surface area contributed by atoms with Gasteiger partial charge in [0.1, 0.15) is 17.7 Å². The second-order valence-corrected chi connectivity index (χ2v) is 9.34. The molecule has 2 N–H and O–H groups in total. The molecule has 0 saturated carbocycles. The van der Waals surface area contributed by atoms with E-state index in [2.05, 4.69) is 17.1 Å². The van der Waals surface area contributed by atoms with E-state index >= 15 is 0 Å². The van der Waals surface area contributed by atoms with E-state index in [1.165, 1.54) is 28.6 Å². The van der Waals surface area contributed by atoms with Gasteiger partial charge >= 0.3 is 6.09 Å². The van der Waals surface area contributed by atoms with Crippen LogP contribution in [0.3, 0.4) is 0 Å². The SMILES string of the molecule is CC1CCN1C[C@H]1CN(S(=O)(=O)c2ccc(F)cc2)c2cc(NC(=O)O)ccc2O1. The third-order valence-electron chi connectivity index (χ3n) is 5.44. The van der Waals surface area contributed by atoms with Gasteiger partial charge in [-0.1, -0.05) is 0 Å². The summed E-state index contributed by atoms with van der Waals surface area (Å²) in [6.07, 6.45) is -0.566. The summed E-state index contributed by atoms with van der Waals surface area (Å²) in [5.41, 5.74) is 0.456. The van der Waals surface area contributed by atoms with E-state index in [0.29, 0.717) is 18.3 Å². The van der Waals surface area contributed by atoms with Gasteiger partial charge in [0, 0.05) is 24.8 Å². The zero-order chi connectivity index (χ0) is 21.5. The third kappa shape index (κ3) is 3.92. The van der Waals surface area contributed by atoms with Crippen LogP contribution in [0.15, 0.2) is 47.4 Å². The molecule has 4 rings (SSSR count). The number of rotatable bonds is 5. The zero-order valence-electron chi connectivity index (χ0n) is 16.3. The van der Waals surface area contributed by atoms with Crippen molar-refractivity contribution in [2.75, 3.05) is 29.3 Å². The second-order valence-electron chi connectivity index (χ2n) is 7.48. The van der Waals surface area contributed by atoms with Crippen molar-refractivity contribution in [2.24, 2.45) is 0 Å². The van der Waals surface area contributed by atoms with Crippen LogP contribution in [-0.4, -0.2) is 56.3 Å². The van der Waals surface area contributed by atoms with Crippen molar-refractivity contribution >= 4 is 27.5 Å². The number of hydrogen-bond donors (Lipinski definition) is 2. The summed E-state index contributed by atoms with van der Waals surface area (Å²) in [6, 6.07) is 9.53. The molecule has 0 radical (unpaired) electrons. The molecule has 30 heavy (non-hydrogen) atoms. The second kappa shape index (κ2) is 7.77. The van der Waals surface area contributed by atoms with E-state index in [1.54, 1.807) is 6.07 Å². The van der Waals surface area contributed by atoms with Crippen LogP contribution in [-0.2, 0) is 10.0 Å². The van der Waals surface area contributed by atoms with Crippen molar-refractivity contribution in [1.82, 2.24) is 4.90 Å². The summed E-state index contributed by atoms with van der Waals surface area (Å²) in [7, 11) is -4.02. The monoisotopic (exact) mass is 435 g/mol. The lowest BCUT2D eigenvalue weighted by Gasteiger charge is -2.43. The Balaban J connectivity index is 1.72. The lowest BCUT2D eigenvalue weighted by molar-refractivity contribution is 0.0507. The first kappa shape index (κ1) is 20.4. The van der Waals surface area contributed by atoms with Gasteiger partial charge in [0.2, 0.25) is 0 Å². The largest absolute Gasteiger partial charge is 0.485 e. The van der Waals surface area contributed by atoms with Crippen molar-refractivity contribution < 1.29 is 27.4 Å². The Morgan fingerprint density at radius 1 is 1.27 bits per heavy atom. The number of carboxylic acid groups (broad SMARTS) is 1. The normalized spacial score (nSPS) is 21.3. The van der Waals surface area contributed by atoms with Gasteiger partial charge in [-0.25, -0.2) is 17.6 Å². The standard InChI is InChI=1S/C20H22FN3O5S/c1-13-8-9-23(13)11-16-12-24(30(27,28)17-5-2-14(21)3-6-17)18-10-15(22-20(25)26)4-7-19(18)29-16/h2-7,10,13,16,22H,8-9,11-12H2,1H3,(H,25,26)/t13?,16-/m0/s1. The maximum Gasteiger partial charge on any atom is 0.409 e. The van der Waals surface area contributed by atoms with Crippen LogP contribution < -0.4 is 14.4 Å². The molecule has 2 aliphatic rings. The Morgan fingerprint density at radius 3 is 2.60 bits per heavy atom. The summed E-state index contributed by atoms with van der Waals surface area (Å²) in [6.45, 7) is 3.68. The Hall–Kier alpha value is -2.85. The predicted molar refractivity (Wildman–Crippen MR) is 109 cm³/mol. The summed E-state index contributed by atoms with van der Waals surface area (Å²) in [4.78, 5) is 13.2. The van der Waals surface area contributed by atoms with Crippen molar-refractivity contribution in [3.8, 4) is 5.75 Å². The van der Waals surface area contributed by atoms with E-state index in [-0.39, 0.29) is 22.8 Å². The number of sulfonamides is 1. The molecule has 2 aromatic rings. The number of carbonyl (C=O) groups is 1. The number of anilines is 2. The highest BCUT2D eigenvalue weighted by molar-refractivity contribution is 7.92. The van der Waals surface area contributed by atoms with Crippen molar-refractivity contribution in [3.63, 3.8) is 0 Å². The van der Waals surface area contributed by atoms with E-state index in [4.69, 9.17) is 9.84 Å². The summed E-state index contributed by atoms with van der Waals surface area (Å²) in [5, 5.41) is 11.2. The number of nitrogens with one attached hydrogen (secondary N) is 1. The first-order chi connectivity index (χ1) is 14.2. The lowest BCUT2D eigenvalue weighted by Crippen LogP contribution is -2.54. The average Bonchev–Trinajstić information content (AvgIpc) is 2.70. The Morgan fingerprint density at radius 2 is 2.00 bits per heavy atom. The van der Waals surface area contributed by atoms with Gasteiger partial charge in [0.05, 0.1) is 17.1 Å². The van der Waals surface area contributed by atoms with E-state index in [1.807, 2.05) is 0 Å². The fraction of sp³-hybridized carbons (Fsp3) is 0.350.